The summed E-state index contributed by atoms with van der Waals surface area (Å²) in [6, 6.07) is 7.30. The van der Waals surface area contributed by atoms with Crippen LogP contribution in [0.5, 0.6) is 0 Å². The van der Waals surface area contributed by atoms with Crippen LogP contribution >= 0.6 is 0 Å². The minimum atomic E-state index is 0.305. The molecule has 4 rings (SSSR count). The molecule has 1 saturated carbocycles. The molecule has 3 aliphatic rings. The summed E-state index contributed by atoms with van der Waals surface area (Å²) < 4.78 is 5.52. The number of nitrogens with one attached hydrogen (secondary N) is 1. The molecule has 1 aliphatic carbocycles. The van der Waals surface area contributed by atoms with Crippen LogP contribution in [0.3, 0.4) is 0 Å². The van der Waals surface area contributed by atoms with Crippen molar-refractivity contribution in [1.29, 1.82) is 0 Å². The molecule has 2 fully saturated rings. The Hall–Kier alpha value is -1.73. The van der Waals surface area contributed by atoms with Crippen LogP contribution < -0.4 is 10.2 Å². The van der Waals surface area contributed by atoms with Crippen molar-refractivity contribution in [1.82, 2.24) is 10.2 Å². The van der Waals surface area contributed by atoms with E-state index in [1.54, 1.807) is 0 Å². The van der Waals surface area contributed by atoms with Gasteiger partial charge in [-0.25, -0.2) is 0 Å². The van der Waals surface area contributed by atoms with Gasteiger partial charge in [0, 0.05) is 50.7 Å². The minimum absolute atomic E-state index is 0.305. The third kappa shape index (κ3) is 8.98. The van der Waals surface area contributed by atoms with Crippen LogP contribution in [0, 0.1) is 0 Å². The van der Waals surface area contributed by atoms with Gasteiger partial charge in [-0.3, -0.25) is 4.99 Å². The van der Waals surface area contributed by atoms with Crippen LogP contribution in [-0.4, -0.2) is 81.9 Å². The van der Waals surface area contributed by atoms with Crippen LogP contribution in [-0.2, 0) is 17.7 Å². The second kappa shape index (κ2) is 16.2. The second-order valence-electron chi connectivity index (χ2n) is 10.3. The third-order valence-electron chi connectivity index (χ3n) is 7.64. The Morgan fingerprint density at radius 1 is 1.17 bits per heavy atom. The van der Waals surface area contributed by atoms with Gasteiger partial charge in [0.25, 0.3) is 0 Å². The molecule has 0 bridgehead atoms. The Labute approximate surface area is 219 Å². The molecule has 6 heteroatoms. The van der Waals surface area contributed by atoms with Gasteiger partial charge in [0.2, 0.25) is 0 Å². The summed E-state index contributed by atoms with van der Waals surface area (Å²) in [6.07, 6.45) is 12.9. The van der Waals surface area contributed by atoms with E-state index in [0.29, 0.717) is 12.6 Å². The zero-order valence-electron chi connectivity index (χ0n) is 23.1. The highest BCUT2D eigenvalue weighted by Gasteiger charge is 2.23. The first-order valence-electron chi connectivity index (χ1n) is 14.3. The van der Waals surface area contributed by atoms with E-state index >= 15 is 0 Å². The molecule has 1 unspecified atom stereocenters. The Kier molecular flexibility index (Phi) is 13.0. The van der Waals surface area contributed by atoms with Crippen LogP contribution in [0.2, 0.25) is 0 Å². The number of hydrogen-bond donors (Lipinski definition) is 2. The summed E-state index contributed by atoms with van der Waals surface area (Å²) in [7, 11) is 4.09. The predicted molar refractivity (Wildman–Crippen MR) is 152 cm³/mol. The lowest BCUT2D eigenvalue weighted by Crippen LogP contribution is -2.41. The summed E-state index contributed by atoms with van der Waals surface area (Å²) in [6.45, 7) is 9.33. The Bertz CT molecular complexity index is 832. The summed E-state index contributed by atoms with van der Waals surface area (Å²) in [4.78, 5) is 9.18. The second-order valence-corrected chi connectivity index (χ2v) is 10.3. The minimum Gasteiger partial charge on any atom is -0.396 e. The van der Waals surface area contributed by atoms with Crippen LogP contribution in [0.1, 0.15) is 69.4 Å². The van der Waals surface area contributed by atoms with E-state index in [0.717, 1.165) is 71.6 Å². The quantitative estimate of drug-likeness (QED) is 0.488. The standard InChI is InChI=1S/C20H33N3O2.C10H17N/c1-22(8-2-3-12-24)9-7-18-15-19-17(16-21-18)5-4-6-20(19)23-10-13-25-14-11-23;1-3-6-9-7-4-5-8-10(9)11-2/h4-6,18,21,24H,2-3,7-16H2,1H3;6H,3-5,7-8H2,1-2H3/b;9-6-,11-10?. The van der Waals surface area contributed by atoms with Crippen molar-refractivity contribution < 1.29 is 9.84 Å². The number of hydrogen-bond acceptors (Lipinski definition) is 6. The molecule has 1 atom stereocenters. The molecule has 0 radical (unpaired) electrons. The highest BCUT2D eigenvalue weighted by molar-refractivity contribution is 6.00. The van der Waals surface area contributed by atoms with Gasteiger partial charge in [0.05, 0.1) is 13.2 Å². The summed E-state index contributed by atoms with van der Waals surface area (Å²) in [5, 5.41) is 12.6. The van der Waals surface area contributed by atoms with Gasteiger partial charge in [-0.15, -0.1) is 0 Å². The number of rotatable bonds is 9. The molecule has 0 aromatic heterocycles. The largest absolute Gasteiger partial charge is 0.396 e. The van der Waals surface area contributed by atoms with Crippen molar-refractivity contribution in [3.8, 4) is 0 Å². The SMILES string of the molecule is CC/C=C1/CCCCC1=NC.CN(CCCCO)CCC1Cc2c(cccc2N2CCOCC2)CN1. The fourth-order valence-corrected chi connectivity index (χ4v) is 5.52. The molecule has 1 aromatic rings. The summed E-state index contributed by atoms with van der Waals surface area (Å²) >= 11 is 0. The van der Waals surface area contributed by atoms with Gasteiger partial charge >= 0.3 is 0 Å². The maximum atomic E-state index is 8.90. The molecular formula is C30H50N4O2. The number of morpholine rings is 1. The van der Waals surface area contributed by atoms with E-state index in [9.17, 15) is 0 Å². The normalized spacial score (nSPS) is 22.5. The number of anilines is 1. The molecular weight excluding hydrogens is 448 g/mol. The smallest absolute Gasteiger partial charge is 0.0642 e. The van der Waals surface area contributed by atoms with Crippen molar-refractivity contribution in [3.63, 3.8) is 0 Å². The van der Waals surface area contributed by atoms with Gasteiger partial charge in [-0.05, 0) is 101 Å². The number of benzene rings is 1. The molecule has 2 aliphatic heterocycles. The topological polar surface area (TPSA) is 60.3 Å². The van der Waals surface area contributed by atoms with Crippen LogP contribution in [0.25, 0.3) is 0 Å². The van der Waals surface area contributed by atoms with E-state index in [-0.39, 0.29) is 0 Å². The van der Waals surface area contributed by atoms with Crippen molar-refractivity contribution in [2.24, 2.45) is 4.99 Å². The number of aliphatic hydroxyl groups excluding tert-OH is 1. The van der Waals surface area contributed by atoms with E-state index in [4.69, 9.17) is 9.84 Å². The average Bonchev–Trinajstić information content (AvgIpc) is 2.93. The zero-order valence-corrected chi connectivity index (χ0v) is 23.1. The lowest BCUT2D eigenvalue weighted by atomic mass is 9.92. The van der Waals surface area contributed by atoms with Crippen molar-refractivity contribution in [2.45, 2.75) is 77.3 Å². The highest BCUT2D eigenvalue weighted by Crippen LogP contribution is 2.29. The molecule has 1 aromatic carbocycles. The Morgan fingerprint density at radius 3 is 2.72 bits per heavy atom. The number of aliphatic imine (C=N–C) groups is 1. The van der Waals surface area contributed by atoms with Gasteiger partial charge < -0.3 is 25.0 Å². The first kappa shape index (κ1) is 28.8. The molecule has 2 heterocycles. The molecule has 36 heavy (non-hydrogen) atoms. The van der Waals surface area contributed by atoms with E-state index in [1.807, 2.05) is 7.05 Å². The molecule has 0 spiro atoms. The molecule has 2 N–H and O–H groups in total. The monoisotopic (exact) mass is 498 g/mol. The predicted octanol–water partition coefficient (Wildman–Crippen LogP) is 4.60. The Balaban J connectivity index is 0.000000275. The molecule has 6 nitrogen and oxygen atoms in total. The summed E-state index contributed by atoms with van der Waals surface area (Å²) in [5.41, 5.74) is 7.26. The number of ether oxygens (including phenoxy) is 1. The molecule has 1 saturated heterocycles. The van der Waals surface area contributed by atoms with E-state index in [1.165, 1.54) is 60.2 Å². The van der Waals surface area contributed by atoms with E-state index in [2.05, 4.69) is 58.4 Å². The van der Waals surface area contributed by atoms with Crippen LogP contribution in [0.4, 0.5) is 5.69 Å². The van der Waals surface area contributed by atoms with Gasteiger partial charge in [0.15, 0.2) is 0 Å². The number of unbranched alkanes of at least 4 members (excludes halogenated alkanes) is 1. The van der Waals surface area contributed by atoms with Crippen molar-refractivity contribution in [2.75, 3.05) is 65.0 Å². The van der Waals surface area contributed by atoms with Crippen LogP contribution in [0.15, 0.2) is 34.8 Å². The van der Waals surface area contributed by atoms with Crippen molar-refractivity contribution >= 4 is 11.4 Å². The maximum absolute atomic E-state index is 8.90. The maximum Gasteiger partial charge on any atom is 0.0642 e. The fourth-order valence-electron chi connectivity index (χ4n) is 5.52. The van der Waals surface area contributed by atoms with Gasteiger partial charge in [-0.2, -0.15) is 0 Å². The lowest BCUT2D eigenvalue weighted by molar-refractivity contribution is 0.122. The number of allylic oxidation sites excluding steroid dienone is 2. The van der Waals surface area contributed by atoms with E-state index < -0.39 is 0 Å². The van der Waals surface area contributed by atoms with Crippen molar-refractivity contribution in [3.05, 3.63) is 41.0 Å². The first-order valence-corrected chi connectivity index (χ1v) is 14.3. The zero-order chi connectivity index (χ0) is 25.6. The lowest BCUT2D eigenvalue weighted by Gasteiger charge is -2.35. The number of fused-ring (bicyclic) bond motifs is 1. The highest BCUT2D eigenvalue weighted by atomic mass is 16.5. The van der Waals surface area contributed by atoms with Gasteiger partial charge in [-0.1, -0.05) is 25.1 Å². The molecule has 202 valence electrons. The number of aliphatic hydroxyl groups is 1. The summed E-state index contributed by atoms with van der Waals surface area (Å²) in [5.74, 6) is 0. The Morgan fingerprint density at radius 2 is 1.97 bits per heavy atom. The fraction of sp³-hybridized carbons (Fsp3) is 0.700. The first-order chi connectivity index (χ1) is 17.7. The van der Waals surface area contributed by atoms with Gasteiger partial charge in [0.1, 0.15) is 0 Å². The molecule has 0 amide bonds. The number of nitrogens with zero attached hydrogens (tertiary/aromatic N) is 3. The third-order valence-corrected chi connectivity index (χ3v) is 7.64. The average molecular weight is 499 g/mol.